The highest BCUT2D eigenvalue weighted by atomic mass is 79.9. The normalized spacial score (nSPS) is 11.5. The summed E-state index contributed by atoms with van der Waals surface area (Å²) in [6, 6.07) is 19.9. The van der Waals surface area contributed by atoms with Gasteiger partial charge in [0.05, 0.1) is 4.90 Å². The quantitative estimate of drug-likeness (QED) is 0.336. The lowest BCUT2D eigenvalue weighted by Gasteiger charge is -2.08. The maximum Gasteiger partial charge on any atom is 0.238 e. The summed E-state index contributed by atoms with van der Waals surface area (Å²) < 4.78 is 33.7. The number of aryl methyl sites for hydroxylation is 3. The smallest absolute Gasteiger partial charge is 0.238 e. The minimum absolute atomic E-state index is 0.0890. The van der Waals surface area contributed by atoms with Crippen LogP contribution in [0, 0.1) is 20.8 Å². The molecule has 0 radical (unpaired) electrons. The number of rotatable bonds is 5. The Morgan fingerprint density at radius 3 is 2.19 bits per heavy atom. The van der Waals surface area contributed by atoms with Crippen molar-refractivity contribution in [3.63, 3.8) is 0 Å². The van der Waals surface area contributed by atoms with E-state index >= 15 is 0 Å². The second-order valence-electron chi connectivity index (χ2n) is 7.43. The average molecular weight is 497 g/mol. The first-order chi connectivity index (χ1) is 14.7. The van der Waals surface area contributed by atoms with Crippen molar-refractivity contribution >= 4 is 37.3 Å². The zero-order chi connectivity index (χ0) is 22.2. The Morgan fingerprint density at radius 2 is 1.55 bits per heavy atom. The van der Waals surface area contributed by atoms with E-state index in [0.717, 1.165) is 32.4 Å². The summed E-state index contributed by atoms with van der Waals surface area (Å²) in [4.78, 5) is 4.57. The van der Waals surface area contributed by atoms with Gasteiger partial charge in [-0.25, -0.2) is 8.42 Å². The summed E-state index contributed by atoms with van der Waals surface area (Å²) in [6.45, 7) is 5.90. The van der Waals surface area contributed by atoms with E-state index < -0.39 is 9.84 Å². The maximum atomic E-state index is 13.4. The lowest BCUT2D eigenvalue weighted by molar-refractivity contribution is 0.581. The van der Waals surface area contributed by atoms with Gasteiger partial charge in [-0.1, -0.05) is 40.2 Å². The Bertz CT molecular complexity index is 1340. The van der Waals surface area contributed by atoms with Crippen LogP contribution in [0.15, 0.2) is 85.5 Å². The van der Waals surface area contributed by atoms with E-state index in [9.17, 15) is 8.42 Å². The minimum atomic E-state index is -3.91. The third-order valence-corrected chi connectivity index (χ3v) is 7.04. The zero-order valence-electron chi connectivity index (χ0n) is 17.3. The van der Waals surface area contributed by atoms with Crippen LogP contribution in [-0.2, 0) is 9.84 Å². The van der Waals surface area contributed by atoms with Crippen molar-refractivity contribution in [2.24, 2.45) is 0 Å². The molecule has 1 heterocycles. The third-order valence-electron chi connectivity index (χ3n) is 4.83. The van der Waals surface area contributed by atoms with E-state index in [-0.39, 0.29) is 21.7 Å². The predicted molar refractivity (Wildman–Crippen MR) is 125 cm³/mol. The van der Waals surface area contributed by atoms with Crippen LogP contribution in [0.2, 0.25) is 0 Å². The van der Waals surface area contributed by atoms with Gasteiger partial charge in [0.1, 0.15) is 0 Å². The fourth-order valence-corrected chi connectivity index (χ4v) is 4.92. The molecule has 0 fully saturated rings. The zero-order valence-corrected chi connectivity index (χ0v) is 19.7. The highest BCUT2D eigenvalue weighted by Gasteiger charge is 2.29. The number of anilines is 2. The van der Waals surface area contributed by atoms with Crippen molar-refractivity contribution in [3.05, 3.63) is 87.9 Å². The van der Waals surface area contributed by atoms with Gasteiger partial charge >= 0.3 is 0 Å². The minimum Gasteiger partial charge on any atom is -0.419 e. The summed E-state index contributed by atoms with van der Waals surface area (Å²) >= 11 is 3.34. The van der Waals surface area contributed by atoms with Crippen LogP contribution in [0.5, 0.6) is 0 Å². The molecule has 158 valence electrons. The van der Waals surface area contributed by atoms with Gasteiger partial charge in [0.15, 0.2) is 0 Å². The van der Waals surface area contributed by atoms with Crippen molar-refractivity contribution in [2.75, 3.05) is 5.32 Å². The van der Waals surface area contributed by atoms with Crippen LogP contribution in [0.3, 0.4) is 0 Å². The van der Waals surface area contributed by atoms with Crippen molar-refractivity contribution in [1.29, 1.82) is 0 Å². The van der Waals surface area contributed by atoms with E-state index in [2.05, 4.69) is 26.2 Å². The molecule has 4 rings (SSSR count). The van der Waals surface area contributed by atoms with Gasteiger partial charge in [0, 0.05) is 15.7 Å². The predicted octanol–water partition coefficient (Wildman–Crippen LogP) is 6.61. The molecule has 1 aromatic heterocycles. The molecule has 0 unspecified atom stereocenters. The summed E-state index contributed by atoms with van der Waals surface area (Å²) in [6.07, 6.45) is 0. The average Bonchev–Trinajstić information content (AvgIpc) is 3.12. The SMILES string of the molecule is Cc1cc(C)cc(Nc2oc(-c3ccccc3C)nc2S(=O)(=O)c2ccc(Br)cc2)c1. The van der Waals surface area contributed by atoms with E-state index in [4.69, 9.17) is 4.42 Å². The first-order valence-corrected chi connectivity index (χ1v) is 11.9. The molecule has 0 aliphatic carbocycles. The van der Waals surface area contributed by atoms with Crippen LogP contribution in [-0.4, -0.2) is 13.4 Å². The fourth-order valence-electron chi connectivity index (χ4n) is 3.40. The first-order valence-electron chi connectivity index (χ1n) is 9.67. The molecule has 7 heteroatoms. The molecule has 5 nitrogen and oxygen atoms in total. The van der Waals surface area contributed by atoms with E-state index in [0.29, 0.717) is 0 Å². The van der Waals surface area contributed by atoms with Gasteiger partial charge in [-0.15, -0.1) is 0 Å². The Labute approximate surface area is 190 Å². The standard InChI is InChI=1S/C24H21BrN2O3S/c1-15-12-16(2)14-19(13-15)26-23-24(31(28,29)20-10-8-18(25)9-11-20)27-22(30-23)21-7-5-4-6-17(21)3/h4-14,26H,1-3H3. The molecule has 4 aromatic rings. The highest BCUT2D eigenvalue weighted by molar-refractivity contribution is 9.10. The monoisotopic (exact) mass is 496 g/mol. The molecule has 0 amide bonds. The lowest BCUT2D eigenvalue weighted by atomic mass is 10.1. The highest BCUT2D eigenvalue weighted by Crippen LogP contribution is 2.35. The second-order valence-corrected chi connectivity index (χ2v) is 10.2. The Hall–Kier alpha value is -2.90. The van der Waals surface area contributed by atoms with E-state index in [1.807, 2.05) is 63.2 Å². The number of halogens is 1. The van der Waals surface area contributed by atoms with Crippen LogP contribution < -0.4 is 5.32 Å². The van der Waals surface area contributed by atoms with Crippen LogP contribution in [0.1, 0.15) is 16.7 Å². The summed E-state index contributed by atoms with van der Waals surface area (Å²) in [5.41, 5.74) is 4.52. The fraction of sp³-hybridized carbons (Fsp3) is 0.125. The Morgan fingerprint density at radius 1 is 0.903 bits per heavy atom. The van der Waals surface area contributed by atoms with Crippen molar-refractivity contribution < 1.29 is 12.8 Å². The van der Waals surface area contributed by atoms with Crippen LogP contribution in [0.4, 0.5) is 11.6 Å². The summed E-state index contributed by atoms with van der Waals surface area (Å²) in [5.74, 6) is 0.340. The summed E-state index contributed by atoms with van der Waals surface area (Å²) in [5, 5.41) is 2.99. The molecule has 31 heavy (non-hydrogen) atoms. The number of aromatic nitrogens is 1. The van der Waals surface area contributed by atoms with Crippen LogP contribution in [0.25, 0.3) is 11.5 Å². The Kier molecular flexibility index (Phi) is 5.73. The number of benzene rings is 3. The number of sulfone groups is 1. The van der Waals surface area contributed by atoms with Crippen molar-refractivity contribution in [1.82, 2.24) is 4.98 Å². The molecule has 0 saturated carbocycles. The van der Waals surface area contributed by atoms with Gasteiger partial charge in [-0.3, -0.25) is 0 Å². The lowest BCUT2D eigenvalue weighted by Crippen LogP contribution is -2.05. The number of nitrogens with one attached hydrogen (secondary N) is 1. The molecule has 0 atom stereocenters. The van der Waals surface area contributed by atoms with Gasteiger partial charge in [-0.2, -0.15) is 4.98 Å². The van der Waals surface area contributed by atoms with E-state index in [1.165, 1.54) is 0 Å². The summed E-state index contributed by atoms with van der Waals surface area (Å²) in [7, 11) is -3.91. The van der Waals surface area contributed by atoms with Gasteiger partial charge in [0.25, 0.3) is 0 Å². The molecular formula is C24H21BrN2O3S. The second kappa shape index (κ2) is 8.32. The van der Waals surface area contributed by atoms with Crippen molar-refractivity contribution in [3.8, 4) is 11.5 Å². The molecule has 1 N–H and O–H groups in total. The Balaban J connectivity index is 1.88. The van der Waals surface area contributed by atoms with Gasteiger partial charge < -0.3 is 9.73 Å². The van der Waals surface area contributed by atoms with Gasteiger partial charge in [0.2, 0.25) is 26.6 Å². The van der Waals surface area contributed by atoms with Crippen LogP contribution >= 0.6 is 15.9 Å². The largest absolute Gasteiger partial charge is 0.419 e. The molecular weight excluding hydrogens is 476 g/mol. The van der Waals surface area contributed by atoms with E-state index in [1.54, 1.807) is 24.3 Å². The molecule has 0 aliphatic heterocycles. The number of hydrogen-bond acceptors (Lipinski definition) is 5. The maximum absolute atomic E-state index is 13.4. The first kappa shape index (κ1) is 21.3. The van der Waals surface area contributed by atoms with Crippen molar-refractivity contribution in [2.45, 2.75) is 30.7 Å². The topological polar surface area (TPSA) is 72.2 Å². The third kappa shape index (κ3) is 4.43. The molecule has 0 aliphatic rings. The molecule has 0 bridgehead atoms. The molecule has 3 aromatic carbocycles. The molecule has 0 saturated heterocycles. The number of nitrogens with zero attached hydrogens (tertiary/aromatic N) is 1. The number of hydrogen-bond donors (Lipinski definition) is 1. The van der Waals surface area contributed by atoms with Gasteiger partial charge in [-0.05, 0) is 79.9 Å². The molecule has 0 spiro atoms. The number of oxazole rings is 1.